The normalized spacial score (nSPS) is 21.9. The van der Waals surface area contributed by atoms with Crippen LogP contribution in [-0.2, 0) is 9.59 Å². The Labute approximate surface area is 191 Å². The second kappa shape index (κ2) is 8.51. The molecular formula is C21H27ClN7O3+. The molecule has 1 aromatic rings. The highest BCUT2D eigenvalue weighted by atomic mass is 35.5. The zero-order chi connectivity index (χ0) is 23.2. The molecule has 11 heteroatoms. The topological polar surface area (TPSA) is 106 Å². The molecule has 3 heterocycles. The van der Waals surface area contributed by atoms with Crippen LogP contribution in [-0.4, -0.2) is 108 Å². The van der Waals surface area contributed by atoms with Crippen LogP contribution in [0.2, 0.25) is 5.02 Å². The van der Waals surface area contributed by atoms with Gasteiger partial charge in [0.15, 0.2) is 6.54 Å². The lowest BCUT2D eigenvalue weighted by molar-refractivity contribution is -0.525. The maximum absolute atomic E-state index is 12.8. The summed E-state index contributed by atoms with van der Waals surface area (Å²) < 4.78 is 1.62. The number of piperazine rings is 1. The van der Waals surface area contributed by atoms with Crippen LogP contribution in [0.25, 0.3) is 0 Å². The van der Waals surface area contributed by atoms with Gasteiger partial charge in [0.05, 0.1) is 0 Å². The van der Waals surface area contributed by atoms with E-state index in [1.165, 1.54) is 17.5 Å². The van der Waals surface area contributed by atoms with Crippen LogP contribution in [0.15, 0.2) is 23.2 Å². The molecule has 10 nitrogen and oxygen atoms in total. The first kappa shape index (κ1) is 22.2. The second-order valence-electron chi connectivity index (χ2n) is 8.32. The highest BCUT2D eigenvalue weighted by Gasteiger charge is 2.53. The smallest absolute Gasteiger partial charge is 0.333 e. The molecular weight excluding hydrogens is 434 g/mol. The van der Waals surface area contributed by atoms with Gasteiger partial charge in [-0.05, 0) is 29.6 Å². The average Bonchev–Trinajstić information content (AvgIpc) is 3.10. The zero-order valence-corrected chi connectivity index (χ0v) is 19.2. The summed E-state index contributed by atoms with van der Waals surface area (Å²) in [5.74, 6) is -0.0680. The fraction of sp³-hybridized carbons (Fsp3) is 0.476. The van der Waals surface area contributed by atoms with Crippen molar-refractivity contribution in [1.29, 1.82) is 0 Å². The van der Waals surface area contributed by atoms with Crippen LogP contribution in [0.5, 0.6) is 0 Å². The largest absolute Gasteiger partial charge is 0.369 e. The SMILES string of the molecule is Cc1ccc(Cl)cc1N1CCN(CC2=[N+](CC(N)=O)C3C(=O)N(C)C(=O)N(C)C3=N2)CC1. The molecule has 0 saturated carbocycles. The van der Waals surface area contributed by atoms with Crippen molar-refractivity contribution in [3.8, 4) is 0 Å². The van der Waals surface area contributed by atoms with Gasteiger partial charge >= 0.3 is 11.9 Å². The Kier molecular flexibility index (Phi) is 5.91. The van der Waals surface area contributed by atoms with Gasteiger partial charge in [0.25, 0.3) is 23.7 Å². The van der Waals surface area contributed by atoms with Gasteiger partial charge in [-0.3, -0.25) is 24.3 Å². The number of fused-ring (bicyclic) bond motifs is 1. The second-order valence-corrected chi connectivity index (χ2v) is 8.75. The van der Waals surface area contributed by atoms with Gasteiger partial charge in [-0.2, -0.15) is 0 Å². The molecule has 32 heavy (non-hydrogen) atoms. The number of amides is 4. The standard InChI is InChI=1S/C21H26ClN7O3/c1-13-4-5-14(22)10-15(13)28-8-6-27(7-9-28)12-17-24-19-18(29(17)11-16(23)30)20(31)26(3)21(32)25(19)2/h4-5,10,18H,6-9,11-12H2,1-3H3,(H-,23,30)/p+1. The Bertz CT molecular complexity index is 1050. The van der Waals surface area contributed by atoms with E-state index in [-0.39, 0.29) is 6.54 Å². The van der Waals surface area contributed by atoms with Gasteiger partial charge in [0.2, 0.25) is 0 Å². The van der Waals surface area contributed by atoms with Crippen molar-refractivity contribution in [2.75, 3.05) is 58.3 Å². The number of hydrogen-bond acceptors (Lipinski definition) is 6. The number of carbonyl (C=O) groups is 3. The van der Waals surface area contributed by atoms with Crippen molar-refractivity contribution in [3.05, 3.63) is 28.8 Å². The fourth-order valence-electron chi connectivity index (χ4n) is 4.40. The van der Waals surface area contributed by atoms with Gasteiger partial charge in [0.1, 0.15) is 6.54 Å². The Morgan fingerprint density at radius 3 is 2.53 bits per heavy atom. The van der Waals surface area contributed by atoms with Crippen LogP contribution in [0.3, 0.4) is 0 Å². The predicted molar refractivity (Wildman–Crippen MR) is 121 cm³/mol. The molecule has 2 N–H and O–H groups in total. The van der Waals surface area contributed by atoms with E-state index in [2.05, 4.69) is 21.7 Å². The van der Waals surface area contributed by atoms with E-state index >= 15 is 0 Å². The molecule has 4 rings (SSSR count). The fourth-order valence-corrected chi connectivity index (χ4v) is 4.56. The van der Waals surface area contributed by atoms with E-state index in [1.807, 2.05) is 18.2 Å². The van der Waals surface area contributed by atoms with Gasteiger partial charge in [0, 0.05) is 51.0 Å². The molecule has 0 bridgehead atoms. The van der Waals surface area contributed by atoms with Gasteiger partial charge in [-0.1, -0.05) is 17.7 Å². The summed E-state index contributed by atoms with van der Waals surface area (Å²) in [7, 11) is 3.00. The first-order chi connectivity index (χ1) is 15.2. The van der Waals surface area contributed by atoms with Crippen molar-refractivity contribution in [3.63, 3.8) is 0 Å². The maximum atomic E-state index is 12.8. The lowest BCUT2D eigenvalue weighted by atomic mass is 10.1. The lowest BCUT2D eigenvalue weighted by Gasteiger charge is -2.36. The molecule has 0 aliphatic carbocycles. The maximum Gasteiger partial charge on any atom is 0.333 e. The first-order valence-corrected chi connectivity index (χ1v) is 10.8. The Morgan fingerprint density at radius 2 is 1.88 bits per heavy atom. The number of benzene rings is 1. The molecule has 0 radical (unpaired) electrons. The van der Waals surface area contributed by atoms with Crippen LogP contribution in [0, 0.1) is 6.92 Å². The van der Waals surface area contributed by atoms with Gasteiger partial charge in [-0.15, -0.1) is 0 Å². The first-order valence-electron chi connectivity index (χ1n) is 10.5. The minimum Gasteiger partial charge on any atom is -0.369 e. The lowest BCUT2D eigenvalue weighted by Crippen LogP contribution is -2.62. The number of aliphatic imine (C=N–C) groups is 1. The van der Waals surface area contributed by atoms with Crippen molar-refractivity contribution < 1.29 is 19.0 Å². The minimum absolute atomic E-state index is 0.143. The van der Waals surface area contributed by atoms with E-state index in [0.717, 1.165) is 36.8 Å². The minimum atomic E-state index is -0.819. The summed E-state index contributed by atoms with van der Waals surface area (Å²) >= 11 is 6.18. The summed E-state index contributed by atoms with van der Waals surface area (Å²) in [6.45, 7) is 5.55. The highest BCUT2D eigenvalue weighted by Crippen LogP contribution is 2.25. The number of hydrogen-bond donors (Lipinski definition) is 1. The number of imide groups is 1. The number of nitrogens with zero attached hydrogens (tertiary/aromatic N) is 6. The summed E-state index contributed by atoms with van der Waals surface area (Å²) in [5, 5.41) is 0.711. The number of anilines is 1. The number of aryl methyl sites for hydroxylation is 1. The van der Waals surface area contributed by atoms with Crippen molar-refractivity contribution in [2.45, 2.75) is 13.0 Å². The summed E-state index contributed by atoms with van der Waals surface area (Å²) in [4.78, 5) is 48.4. The van der Waals surface area contributed by atoms with Gasteiger partial charge < -0.3 is 10.6 Å². The average molecular weight is 461 g/mol. The molecule has 0 spiro atoms. The number of nitrogens with two attached hydrogens (primary N) is 1. The molecule has 1 unspecified atom stereocenters. The Balaban J connectivity index is 1.53. The number of likely N-dealkylation sites (N-methyl/N-ethyl adjacent to an activating group) is 2. The number of rotatable bonds is 5. The summed E-state index contributed by atoms with van der Waals surface area (Å²) in [5.41, 5.74) is 7.76. The highest BCUT2D eigenvalue weighted by molar-refractivity contribution is 6.30. The van der Waals surface area contributed by atoms with E-state index in [9.17, 15) is 14.4 Å². The van der Waals surface area contributed by atoms with Crippen molar-refractivity contribution in [2.24, 2.45) is 10.7 Å². The molecule has 170 valence electrons. The molecule has 3 aliphatic rings. The van der Waals surface area contributed by atoms with Crippen LogP contribution < -0.4 is 10.6 Å². The molecule has 3 aliphatic heterocycles. The molecule has 2 saturated heterocycles. The van der Waals surface area contributed by atoms with E-state index in [1.54, 1.807) is 11.6 Å². The Morgan fingerprint density at radius 1 is 1.19 bits per heavy atom. The Hall–Kier alpha value is -2.98. The van der Waals surface area contributed by atoms with E-state index < -0.39 is 23.9 Å². The molecule has 0 aromatic heterocycles. The summed E-state index contributed by atoms with van der Waals surface area (Å²) in [6, 6.07) is 4.62. The number of urea groups is 1. The number of carbonyl (C=O) groups excluding carboxylic acids is 3. The number of primary amides is 1. The molecule has 1 atom stereocenters. The molecule has 2 fully saturated rings. The van der Waals surface area contributed by atoms with Crippen LogP contribution in [0.4, 0.5) is 10.5 Å². The monoisotopic (exact) mass is 460 g/mol. The van der Waals surface area contributed by atoms with Gasteiger partial charge in [-0.25, -0.2) is 9.37 Å². The number of halogens is 1. The predicted octanol–water partition coefficient (Wildman–Crippen LogP) is -0.0288. The molecule has 4 amide bonds. The number of amidine groups is 2. The third-order valence-corrected chi connectivity index (χ3v) is 6.42. The summed E-state index contributed by atoms with van der Waals surface area (Å²) in [6.07, 6.45) is 0. The third kappa shape index (κ3) is 3.95. The van der Waals surface area contributed by atoms with Crippen LogP contribution >= 0.6 is 11.6 Å². The third-order valence-electron chi connectivity index (χ3n) is 6.19. The zero-order valence-electron chi connectivity index (χ0n) is 18.4. The van der Waals surface area contributed by atoms with E-state index in [4.69, 9.17) is 17.3 Å². The molecule has 1 aromatic carbocycles. The van der Waals surface area contributed by atoms with Crippen LogP contribution in [0.1, 0.15) is 5.56 Å². The van der Waals surface area contributed by atoms with Crippen molar-refractivity contribution in [1.82, 2.24) is 14.7 Å². The van der Waals surface area contributed by atoms with E-state index in [0.29, 0.717) is 23.2 Å². The van der Waals surface area contributed by atoms with Crippen molar-refractivity contribution >= 4 is 46.8 Å². The quantitative estimate of drug-likeness (QED) is 0.621.